The minimum atomic E-state index is -0.376. The van der Waals surface area contributed by atoms with Gasteiger partial charge in [0.2, 0.25) is 0 Å². The standard InChI is InChI=1S/C38H40O6/c1-26(19-27-3-13-32(14-4-27)39-20-35-23-42-35)28-5-7-29(8-6-28)38(2,30-9-15-33(16-10-30)40-21-36-24-43-36)31-11-17-34(18-12-31)41-22-37-25-44-37/h3-18,26,35-37H,19-25H2,1-2H3. The van der Waals surface area contributed by atoms with Crippen LogP contribution in [0.15, 0.2) is 97.1 Å². The predicted octanol–water partition coefficient (Wildman–Crippen LogP) is 6.72. The molecule has 6 nitrogen and oxygen atoms in total. The van der Waals surface area contributed by atoms with Gasteiger partial charge in [-0.1, -0.05) is 67.6 Å². The van der Waals surface area contributed by atoms with Crippen molar-refractivity contribution in [2.24, 2.45) is 0 Å². The van der Waals surface area contributed by atoms with Crippen LogP contribution >= 0.6 is 0 Å². The maximum Gasteiger partial charge on any atom is 0.119 e. The molecular formula is C38H40O6. The highest BCUT2D eigenvalue weighted by Gasteiger charge is 2.32. The van der Waals surface area contributed by atoms with Crippen molar-refractivity contribution >= 4 is 0 Å². The number of ether oxygens (including phenoxy) is 6. The molecule has 3 aliphatic rings. The van der Waals surface area contributed by atoms with Crippen molar-refractivity contribution in [2.45, 2.75) is 49.9 Å². The van der Waals surface area contributed by atoms with E-state index in [0.29, 0.717) is 25.7 Å². The molecule has 0 N–H and O–H groups in total. The summed E-state index contributed by atoms with van der Waals surface area (Å²) in [6, 6.07) is 34.6. The van der Waals surface area contributed by atoms with Gasteiger partial charge in [0.1, 0.15) is 55.4 Å². The Labute approximate surface area is 259 Å². The minimum Gasteiger partial charge on any atom is -0.491 e. The molecule has 0 bridgehead atoms. The maximum atomic E-state index is 5.93. The number of hydrogen-bond donors (Lipinski definition) is 0. The molecule has 0 aliphatic carbocycles. The third kappa shape index (κ3) is 7.10. The Kier molecular flexibility index (Phi) is 8.30. The lowest BCUT2D eigenvalue weighted by atomic mass is 9.71. The number of benzene rings is 4. The van der Waals surface area contributed by atoms with Crippen LogP contribution in [-0.2, 0) is 26.0 Å². The van der Waals surface area contributed by atoms with E-state index in [2.05, 4.69) is 111 Å². The largest absolute Gasteiger partial charge is 0.491 e. The fraction of sp³-hybridized carbons (Fsp3) is 0.368. The first kappa shape index (κ1) is 28.9. The molecule has 0 spiro atoms. The third-order valence-electron chi connectivity index (χ3n) is 8.90. The van der Waals surface area contributed by atoms with Crippen LogP contribution in [0, 0.1) is 0 Å². The van der Waals surface area contributed by atoms with Gasteiger partial charge in [0.05, 0.1) is 19.8 Å². The van der Waals surface area contributed by atoms with Crippen LogP contribution in [0.4, 0.5) is 0 Å². The maximum absolute atomic E-state index is 5.93. The molecule has 6 heteroatoms. The van der Waals surface area contributed by atoms with Crippen LogP contribution in [0.2, 0.25) is 0 Å². The van der Waals surface area contributed by atoms with Crippen LogP contribution in [-0.4, -0.2) is 58.0 Å². The van der Waals surface area contributed by atoms with Gasteiger partial charge in [-0.2, -0.15) is 0 Å². The molecular weight excluding hydrogens is 552 g/mol. The lowest BCUT2D eigenvalue weighted by Crippen LogP contribution is -2.25. The monoisotopic (exact) mass is 592 g/mol. The van der Waals surface area contributed by atoms with Gasteiger partial charge in [0, 0.05) is 5.41 Å². The van der Waals surface area contributed by atoms with E-state index in [-0.39, 0.29) is 23.7 Å². The summed E-state index contributed by atoms with van der Waals surface area (Å²) in [7, 11) is 0. The third-order valence-corrected chi connectivity index (χ3v) is 8.90. The van der Waals surface area contributed by atoms with Crippen molar-refractivity contribution in [1.29, 1.82) is 0 Å². The van der Waals surface area contributed by atoms with E-state index in [1.165, 1.54) is 27.8 Å². The zero-order valence-corrected chi connectivity index (χ0v) is 25.4. The van der Waals surface area contributed by atoms with Crippen molar-refractivity contribution in [3.63, 3.8) is 0 Å². The van der Waals surface area contributed by atoms with Crippen LogP contribution in [0.3, 0.4) is 0 Å². The van der Waals surface area contributed by atoms with E-state index in [1.54, 1.807) is 0 Å². The molecule has 3 fully saturated rings. The van der Waals surface area contributed by atoms with Gasteiger partial charge < -0.3 is 28.4 Å². The summed E-state index contributed by atoms with van der Waals surface area (Å²) in [5.41, 5.74) is 5.87. The topological polar surface area (TPSA) is 65.3 Å². The van der Waals surface area contributed by atoms with Crippen LogP contribution in [0.25, 0.3) is 0 Å². The lowest BCUT2D eigenvalue weighted by Gasteiger charge is -2.32. The second-order valence-corrected chi connectivity index (χ2v) is 12.3. The van der Waals surface area contributed by atoms with Crippen molar-refractivity contribution < 1.29 is 28.4 Å². The zero-order chi connectivity index (χ0) is 29.9. The molecule has 0 amide bonds. The molecule has 0 saturated carbocycles. The van der Waals surface area contributed by atoms with Crippen LogP contribution in [0.1, 0.15) is 47.6 Å². The molecule has 4 atom stereocenters. The molecule has 4 aromatic rings. The van der Waals surface area contributed by atoms with E-state index in [0.717, 1.165) is 43.5 Å². The second kappa shape index (κ2) is 12.6. The molecule has 228 valence electrons. The van der Waals surface area contributed by atoms with Crippen molar-refractivity contribution in [1.82, 2.24) is 0 Å². The Bertz CT molecular complexity index is 1440. The van der Waals surface area contributed by atoms with Gasteiger partial charge in [-0.05, 0) is 83.5 Å². The van der Waals surface area contributed by atoms with Gasteiger partial charge >= 0.3 is 0 Å². The highest BCUT2D eigenvalue weighted by Crippen LogP contribution is 2.40. The molecule has 44 heavy (non-hydrogen) atoms. The summed E-state index contributed by atoms with van der Waals surface area (Å²) < 4.78 is 33.5. The van der Waals surface area contributed by atoms with Crippen molar-refractivity contribution in [3.05, 3.63) is 125 Å². The summed E-state index contributed by atoms with van der Waals surface area (Å²) >= 11 is 0. The predicted molar refractivity (Wildman–Crippen MR) is 169 cm³/mol. The minimum absolute atomic E-state index is 0.230. The Morgan fingerprint density at radius 2 is 0.909 bits per heavy atom. The second-order valence-electron chi connectivity index (χ2n) is 12.3. The van der Waals surface area contributed by atoms with Gasteiger partial charge in [-0.15, -0.1) is 0 Å². The first-order valence-electron chi connectivity index (χ1n) is 15.7. The number of rotatable bonds is 15. The average molecular weight is 593 g/mol. The van der Waals surface area contributed by atoms with Gasteiger partial charge in [-0.25, -0.2) is 0 Å². The zero-order valence-electron chi connectivity index (χ0n) is 25.4. The SMILES string of the molecule is CC(Cc1ccc(OCC2CO2)cc1)c1ccc(C(C)(c2ccc(OCC3CO3)cc2)c2ccc(OCC3CO3)cc2)cc1. The molecule has 0 radical (unpaired) electrons. The van der Waals surface area contributed by atoms with E-state index >= 15 is 0 Å². The smallest absolute Gasteiger partial charge is 0.119 e. The molecule has 4 unspecified atom stereocenters. The fourth-order valence-electron chi connectivity index (χ4n) is 5.67. The summed E-state index contributed by atoms with van der Waals surface area (Å²) in [6.45, 7) is 8.79. The molecule has 3 heterocycles. The summed E-state index contributed by atoms with van der Waals surface area (Å²) in [5, 5.41) is 0. The average Bonchev–Trinajstić information content (AvgIpc) is 3.92. The summed E-state index contributed by atoms with van der Waals surface area (Å²) in [5.74, 6) is 2.99. The Balaban J connectivity index is 1.09. The Morgan fingerprint density at radius 1 is 0.568 bits per heavy atom. The fourth-order valence-corrected chi connectivity index (χ4v) is 5.67. The normalized spacial score (nSPS) is 22.0. The van der Waals surface area contributed by atoms with Gasteiger partial charge in [-0.3, -0.25) is 0 Å². The number of epoxide rings is 3. The van der Waals surface area contributed by atoms with E-state index in [1.807, 2.05) is 0 Å². The highest BCUT2D eigenvalue weighted by atomic mass is 16.6. The van der Waals surface area contributed by atoms with Crippen molar-refractivity contribution in [3.8, 4) is 17.2 Å². The summed E-state index contributed by atoms with van der Waals surface area (Å²) in [6.07, 6.45) is 1.69. The summed E-state index contributed by atoms with van der Waals surface area (Å²) in [4.78, 5) is 0. The molecule has 3 aliphatic heterocycles. The quantitative estimate of drug-likeness (QED) is 0.113. The van der Waals surface area contributed by atoms with E-state index in [9.17, 15) is 0 Å². The first-order valence-corrected chi connectivity index (χ1v) is 15.7. The molecule has 7 rings (SSSR count). The molecule has 0 aromatic heterocycles. The van der Waals surface area contributed by atoms with Gasteiger partial charge in [0.15, 0.2) is 0 Å². The molecule has 4 aromatic carbocycles. The molecule has 3 saturated heterocycles. The van der Waals surface area contributed by atoms with E-state index in [4.69, 9.17) is 28.4 Å². The highest BCUT2D eigenvalue weighted by molar-refractivity contribution is 5.52. The van der Waals surface area contributed by atoms with Gasteiger partial charge in [0.25, 0.3) is 0 Å². The Morgan fingerprint density at radius 3 is 1.27 bits per heavy atom. The number of hydrogen-bond acceptors (Lipinski definition) is 6. The van der Waals surface area contributed by atoms with Crippen molar-refractivity contribution in [2.75, 3.05) is 39.6 Å². The Hall–Kier alpha value is -3.84. The van der Waals surface area contributed by atoms with Crippen LogP contribution in [0.5, 0.6) is 17.2 Å². The lowest BCUT2D eigenvalue weighted by molar-refractivity contribution is 0.263. The van der Waals surface area contributed by atoms with Crippen LogP contribution < -0.4 is 14.2 Å². The van der Waals surface area contributed by atoms with E-state index < -0.39 is 0 Å². The first-order chi connectivity index (χ1) is 21.5.